The van der Waals surface area contributed by atoms with E-state index >= 15 is 0 Å². The highest BCUT2D eigenvalue weighted by molar-refractivity contribution is 6.27. The lowest BCUT2D eigenvalue weighted by atomic mass is 9.86. The second kappa shape index (κ2) is 8.55. The van der Waals surface area contributed by atoms with Gasteiger partial charge in [0.25, 0.3) is 0 Å². The fraction of sp³-hybridized carbons (Fsp3) is 0.0256. The summed E-state index contributed by atoms with van der Waals surface area (Å²) in [5.74, 6) is 0. The van der Waals surface area contributed by atoms with Crippen LogP contribution >= 0.6 is 0 Å². The number of benzene rings is 8. The lowest BCUT2D eigenvalue weighted by Crippen LogP contribution is -1.90. The van der Waals surface area contributed by atoms with Crippen molar-refractivity contribution in [3.8, 4) is 33.4 Å². The SMILES string of the molecule is Cc1ccc(-c2ccc3ccc4c(-c5ccc6ccccc6c5)ccc5ccc2c3c54)cc1-c1ccccc1. The van der Waals surface area contributed by atoms with E-state index in [0.29, 0.717) is 0 Å². The smallest absolute Gasteiger partial charge is 0.00203 e. The molecule has 0 spiro atoms. The first-order chi connectivity index (χ1) is 19.2. The Morgan fingerprint density at radius 2 is 0.872 bits per heavy atom. The van der Waals surface area contributed by atoms with Gasteiger partial charge >= 0.3 is 0 Å². The maximum absolute atomic E-state index is 2.36. The molecular formula is C39H26. The van der Waals surface area contributed by atoms with Gasteiger partial charge in [-0.2, -0.15) is 0 Å². The third kappa shape index (κ3) is 3.46. The van der Waals surface area contributed by atoms with Gasteiger partial charge in [0.05, 0.1) is 0 Å². The molecule has 0 atom stereocenters. The first-order valence-electron chi connectivity index (χ1n) is 13.6. The molecule has 0 heteroatoms. The molecule has 0 aliphatic rings. The summed E-state index contributed by atoms with van der Waals surface area (Å²) >= 11 is 0. The molecule has 0 N–H and O–H groups in total. The van der Waals surface area contributed by atoms with Gasteiger partial charge in [-0.3, -0.25) is 0 Å². The quantitative estimate of drug-likeness (QED) is 0.214. The lowest BCUT2D eigenvalue weighted by Gasteiger charge is -2.17. The molecule has 0 aliphatic heterocycles. The van der Waals surface area contributed by atoms with E-state index in [2.05, 4.69) is 146 Å². The molecule has 0 nitrogen and oxygen atoms in total. The van der Waals surface area contributed by atoms with Crippen LogP contribution in [-0.4, -0.2) is 0 Å². The van der Waals surface area contributed by atoms with Gasteiger partial charge in [0, 0.05) is 0 Å². The Bertz CT molecular complexity index is 2170. The van der Waals surface area contributed by atoms with Crippen molar-refractivity contribution in [2.45, 2.75) is 6.92 Å². The largest absolute Gasteiger partial charge is 0.0622 e. The maximum atomic E-state index is 2.36. The molecule has 0 bridgehead atoms. The van der Waals surface area contributed by atoms with Crippen molar-refractivity contribution >= 4 is 43.1 Å². The van der Waals surface area contributed by atoms with Crippen LogP contribution in [0.4, 0.5) is 0 Å². The molecule has 0 heterocycles. The number of hydrogen-bond donors (Lipinski definition) is 0. The maximum Gasteiger partial charge on any atom is -0.00203 e. The van der Waals surface area contributed by atoms with Crippen LogP contribution in [0.15, 0.2) is 140 Å². The van der Waals surface area contributed by atoms with Crippen molar-refractivity contribution in [1.82, 2.24) is 0 Å². The topological polar surface area (TPSA) is 0 Å². The molecule has 0 saturated carbocycles. The Balaban J connectivity index is 1.38. The van der Waals surface area contributed by atoms with Gasteiger partial charge in [-0.1, -0.05) is 127 Å². The highest BCUT2D eigenvalue weighted by atomic mass is 14.2. The van der Waals surface area contributed by atoms with Gasteiger partial charge in [-0.05, 0) is 101 Å². The Morgan fingerprint density at radius 3 is 1.56 bits per heavy atom. The van der Waals surface area contributed by atoms with Crippen molar-refractivity contribution in [3.63, 3.8) is 0 Å². The summed E-state index contributed by atoms with van der Waals surface area (Å²) in [6, 6.07) is 51.4. The predicted molar refractivity (Wildman–Crippen MR) is 169 cm³/mol. The zero-order valence-corrected chi connectivity index (χ0v) is 21.8. The van der Waals surface area contributed by atoms with E-state index in [-0.39, 0.29) is 0 Å². The summed E-state index contributed by atoms with van der Waals surface area (Å²) in [4.78, 5) is 0. The van der Waals surface area contributed by atoms with Gasteiger partial charge in [0.1, 0.15) is 0 Å². The number of fused-ring (bicyclic) bond motifs is 1. The van der Waals surface area contributed by atoms with E-state index in [1.54, 1.807) is 0 Å². The van der Waals surface area contributed by atoms with Crippen molar-refractivity contribution < 1.29 is 0 Å². The van der Waals surface area contributed by atoms with E-state index in [0.717, 1.165) is 0 Å². The molecule has 182 valence electrons. The molecule has 0 aromatic heterocycles. The van der Waals surface area contributed by atoms with Gasteiger partial charge in [-0.25, -0.2) is 0 Å². The monoisotopic (exact) mass is 494 g/mol. The summed E-state index contributed by atoms with van der Waals surface area (Å²) in [5.41, 5.74) is 8.93. The Labute approximate surface area is 228 Å². The first-order valence-corrected chi connectivity index (χ1v) is 13.6. The Hall–Kier alpha value is -4.94. The van der Waals surface area contributed by atoms with Crippen molar-refractivity contribution in [2.75, 3.05) is 0 Å². The van der Waals surface area contributed by atoms with Crippen LogP contribution in [0, 0.1) is 6.92 Å². The minimum Gasteiger partial charge on any atom is -0.0622 e. The minimum absolute atomic E-state index is 1.26. The van der Waals surface area contributed by atoms with Crippen LogP contribution in [0.3, 0.4) is 0 Å². The molecule has 0 radical (unpaired) electrons. The molecule has 8 aromatic carbocycles. The zero-order valence-electron chi connectivity index (χ0n) is 21.8. The van der Waals surface area contributed by atoms with Gasteiger partial charge in [-0.15, -0.1) is 0 Å². The zero-order chi connectivity index (χ0) is 25.9. The molecule has 0 fully saturated rings. The number of hydrogen-bond acceptors (Lipinski definition) is 0. The fourth-order valence-corrected chi connectivity index (χ4v) is 6.38. The number of rotatable bonds is 3. The Morgan fingerprint density at radius 1 is 0.333 bits per heavy atom. The van der Waals surface area contributed by atoms with E-state index in [1.165, 1.54) is 82.0 Å². The van der Waals surface area contributed by atoms with Crippen LogP contribution in [0.5, 0.6) is 0 Å². The fourth-order valence-electron chi connectivity index (χ4n) is 6.38. The molecule has 0 amide bonds. The average molecular weight is 495 g/mol. The van der Waals surface area contributed by atoms with E-state index in [1.807, 2.05) is 0 Å². The van der Waals surface area contributed by atoms with Crippen LogP contribution in [0.2, 0.25) is 0 Å². The van der Waals surface area contributed by atoms with E-state index < -0.39 is 0 Å². The molecule has 0 unspecified atom stereocenters. The normalized spacial score (nSPS) is 11.7. The second-order valence-electron chi connectivity index (χ2n) is 10.6. The summed E-state index contributed by atoms with van der Waals surface area (Å²) in [6.07, 6.45) is 0. The Kier molecular flexibility index (Phi) is 4.84. The molecular weight excluding hydrogens is 468 g/mol. The van der Waals surface area contributed by atoms with Crippen LogP contribution in [0.1, 0.15) is 5.56 Å². The molecule has 0 aliphatic carbocycles. The van der Waals surface area contributed by atoms with Gasteiger partial charge in [0.2, 0.25) is 0 Å². The third-order valence-corrected chi connectivity index (χ3v) is 8.36. The predicted octanol–water partition coefficient (Wildman–Crippen LogP) is 11.0. The summed E-state index contributed by atoms with van der Waals surface area (Å²) in [7, 11) is 0. The molecule has 8 rings (SSSR count). The van der Waals surface area contributed by atoms with E-state index in [9.17, 15) is 0 Å². The van der Waals surface area contributed by atoms with Crippen molar-refractivity contribution in [1.29, 1.82) is 0 Å². The summed E-state index contributed by atoms with van der Waals surface area (Å²) < 4.78 is 0. The first kappa shape index (κ1) is 22.1. The average Bonchev–Trinajstić information content (AvgIpc) is 3.00. The van der Waals surface area contributed by atoms with Crippen LogP contribution < -0.4 is 0 Å². The minimum atomic E-state index is 1.26. The van der Waals surface area contributed by atoms with Gasteiger partial charge in [0.15, 0.2) is 0 Å². The van der Waals surface area contributed by atoms with Crippen LogP contribution in [-0.2, 0) is 0 Å². The summed E-state index contributed by atoms with van der Waals surface area (Å²) in [5, 5.41) is 10.5. The molecule has 0 saturated heterocycles. The third-order valence-electron chi connectivity index (χ3n) is 8.36. The molecule has 8 aromatic rings. The molecule has 39 heavy (non-hydrogen) atoms. The highest BCUT2D eigenvalue weighted by Gasteiger charge is 2.15. The lowest BCUT2D eigenvalue weighted by molar-refractivity contribution is 1.46. The van der Waals surface area contributed by atoms with Gasteiger partial charge < -0.3 is 0 Å². The van der Waals surface area contributed by atoms with Crippen molar-refractivity contribution in [2.24, 2.45) is 0 Å². The standard InChI is InChI=1S/C39H26/c1-25-11-12-32(24-37(25)27-8-3-2-4-9-27)34-20-16-29-17-21-35-33(19-15-28-18-22-36(34)39(29)38(28)35)31-14-13-26-7-5-6-10-30(26)23-31/h2-24H,1H3. The van der Waals surface area contributed by atoms with Crippen LogP contribution in [0.25, 0.3) is 76.5 Å². The van der Waals surface area contributed by atoms with E-state index in [4.69, 9.17) is 0 Å². The van der Waals surface area contributed by atoms with Crippen molar-refractivity contribution in [3.05, 3.63) is 145 Å². The summed E-state index contributed by atoms with van der Waals surface area (Å²) in [6.45, 7) is 2.20. The highest BCUT2D eigenvalue weighted by Crippen LogP contribution is 2.43. The second-order valence-corrected chi connectivity index (χ2v) is 10.6. The number of aryl methyl sites for hydroxylation is 1.